The second-order valence-corrected chi connectivity index (χ2v) is 5.41. The van der Waals surface area contributed by atoms with Gasteiger partial charge < -0.3 is 10.5 Å². The zero-order valence-electron chi connectivity index (χ0n) is 10.2. The van der Waals surface area contributed by atoms with Crippen molar-refractivity contribution < 1.29 is 10.0 Å². The van der Waals surface area contributed by atoms with E-state index in [1.54, 1.807) is 12.3 Å². The lowest BCUT2D eigenvalue weighted by molar-refractivity contribution is 0.244. The number of anilines is 1. The van der Waals surface area contributed by atoms with Gasteiger partial charge in [0, 0.05) is 10.9 Å². The molecule has 0 saturated heterocycles. The van der Waals surface area contributed by atoms with Crippen LogP contribution >= 0.6 is 11.3 Å². The Kier molecular flexibility index (Phi) is 4.06. The molecule has 0 aromatic carbocycles. The zero-order chi connectivity index (χ0) is 13.1. The number of urea groups is 1. The summed E-state index contributed by atoms with van der Waals surface area (Å²) in [5, 5.41) is 19.2. The molecule has 0 aliphatic carbocycles. The minimum absolute atomic E-state index is 0.299. The Morgan fingerprint density at radius 2 is 2.18 bits per heavy atom. The van der Waals surface area contributed by atoms with Gasteiger partial charge in [-0.05, 0) is 27.7 Å². The van der Waals surface area contributed by atoms with Gasteiger partial charge in [0.05, 0.1) is 0 Å². The fraction of sp³-hybridized carbons (Fsp3) is 0.500. The lowest BCUT2D eigenvalue weighted by Crippen LogP contribution is -2.43. The minimum atomic E-state index is -0.308. The Balaban J connectivity index is 2.64. The Morgan fingerprint density at radius 3 is 2.71 bits per heavy atom. The third-order valence-corrected chi connectivity index (χ3v) is 2.49. The highest BCUT2D eigenvalue weighted by Gasteiger charge is 2.15. The van der Waals surface area contributed by atoms with E-state index in [1.807, 2.05) is 20.8 Å². The summed E-state index contributed by atoms with van der Waals surface area (Å²) in [6.07, 6.45) is 0. The van der Waals surface area contributed by atoms with Gasteiger partial charge in [0.2, 0.25) is 0 Å². The molecule has 2 amide bonds. The first-order chi connectivity index (χ1) is 7.81. The number of nitrogens with zero attached hydrogens (tertiary/aromatic N) is 2. The van der Waals surface area contributed by atoms with Gasteiger partial charge in [-0.3, -0.25) is 5.32 Å². The Bertz CT molecular complexity index is 434. The van der Waals surface area contributed by atoms with Crippen molar-refractivity contribution in [2.75, 3.05) is 5.32 Å². The van der Waals surface area contributed by atoms with Crippen molar-refractivity contribution in [3.8, 4) is 0 Å². The van der Waals surface area contributed by atoms with Crippen LogP contribution in [0.25, 0.3) is 0 Å². The lowest BCUT2D eigenvalue weighted by Gasteiger charge is -2.20. The molecule has 3 N–H and O–H groups in total. The molecular weight excluding hydrogens is 240 g/mol. The third kappa shape index (κ3) is 4.39. The first-order valence-corrected chi connectivity index (χ1v) is 5.93. The maximum atomic E-state index is 11.5. The van der Waals surface area contributed by atoms with E-state index >= 15 is 0 Å². The number of hydrogen-bond donors (Lipinski definition) is 3. The molecule has 7 heteroatoms. The van der Waals surface area contributed by atoms with Crippen molar-refractivity contribution in [2.24, 2.45) is 5.16 Å². The average Bonchev–Trinajstić information content (AvgIpc) is 2.62. The van der Waals surface area contributed by atoms with E-state index in [1.165, 1.54) is 11.3 Å². The van der Waals surface area contributed by atoms with Crippen molar-refractivity contribution in [1.29, 1.82) is 0 Å². The molecule has 94 valence electrons. The summed E-state index contributed by atoms with van der Waals surface area (Å²) >= 11 is 1.27. The monoisotopic (exact) mass is 256 g/mol. The maximum Gasteiger partial charge on any atom is 0.321 e. The molecule has 0 atom stereocenters. The number of carbonyl (C=O) groups is 1. The molecule has 0 bridgehead atoms. The van der Waals surface area contributed by atoms with Crippen LogP contribution in [0.4, 0.5) is 9.93 Å². The molecule has 0 unspecified atom stereocenters. The number of thiazole rings is 1. The quantitative estimate of drug-likeness (QED) is 0.431. The molecule has 1 heterocycles. The largest absolute Gasteiger partial charge is 0.411 e. The molecule has 6 nitrogen and oxygen atoms in total. The summed E-state index contributed by atoms with van der Waals surface area (Å²) in [6.45, 7) is 7.31. The second kappa shape index (κ2) is 5.13. The van der Waals surface area contributed by atoms with Crippen LogP contribution in [-0.2, 0) is 0 Å². The van der Waals surface area contributed by atoms with E-state index in [0.29, 0.717) is 16.5 Å². The van der Waals surface area contributed by atoms with Crippen LogP contribution in [0, 0.1) is 0 Å². The SMILES string of the molecule is CC(=NO)c1csc(NC(=O)NC(C)(C)C)n1. The van der Waals surface area contributed by atoms with Crippen molar-refractivity contribution >= 4 is 28.2 Å². The van der Waals surface area contributed by atoms with Crippen LogP contribution in [0.15, 0.2) is 10.5 Å². The van der Waals surface area contributed by atoms with E-state index in [-0.39, 0.29) is 11.6 Å². The van der Waals surface area contributed by atoms with Gasteiger partial charge in [-0.25, -0.2) is 9.78 Å². The molecule has 0 spiro atoms. The fourth-order valence-electron chi connectivity index (χ4n) is 1.02. The molecule has 0 fully saturated rings. The molecule has 17 heavy (non-hydrogen) atoms. The lowest BCUT2D eigenvalue weighted by atomic mass is 10.1. The summed E-state index contributed by atoms with van der Waals surface area (Å²) in [7, 11) is 0. The van der Waals surface area contributed by atoms with E-state index in [4.69, 9.17) is 5.21 Å². The maximum absolute atomic E-state index is 11.5. The highest BCUT2D eigenvalue weighted by Crippen LogP contribution is 2.16. The highest BCUT2D eigenvalue weighted by atomic mass is 32.1. The Morgan fingerprint density at radius 1 is 1.53 bits per heavy atom. The van der Waals surface area contributed by atoms with Crippen LogP contribution in [0.3, 0.4) is 0 Å². The number of carbonyl (C=O) groups excluding carboxylic acids is 1. The predicted octanol–water partition coefficient (Wildman–Crippen LogP) is 2.26. The minimum Gasteiger partial charge on any atom is -0.411 e. The van der Waals surface area contributed by atoms with Crippen LogP contribution in [0.5, 0.6) is 0 Å². The number of rotatable bonds is 2. The summed E-state index contributed by atoms with van der Waals surface area (Å²) in [4.78, 5) is 15.6. The van der Waals surface area contributed by atoms with Crippen molar-refractivity contribution in [3.63, 3.8) is 0 Å². The summed E-state index contributed by atoms with van der Waals surface area (Å²) in [5.41, 5.74) is 0.654. The van der Waals surface area contributed by atoms with Crippen LogP contribution < -0.4 is 10.6 Å². The van der Waals surface area contributed by atoms with Gasteiger partial charge in [-0.15, -0.1) is 11.3 Å². The number of aromatic nitrogens is 1. The highest BCUT2D eigenvalue weighted by molar-refractivity contribution is 7.14. The molecule has 1 aromatic rings. The summed E-state index contributed by atoms with van der Waals surface area (Å²) in [6, 6.07) is -0.308. The molecule has 0 radical (unpaired) electrons. The van der Waals surface area contributed by atoms with Crippen LogP contribution in [0.2, 0.25) is 0 Å². The van der Waals surface area contributed by atoms with Gasteiger partial charge >= 0.3 is 6.03 Å². The molecule has 1 rings (SSSR count). The van der Waals surface area contributed by atoms with E-state index in [0.717, 1.165) is 0 Å². The molecular formula is C10H16N4O2S. The molecule has 0 aliphatic heterocycles. The average molecular weight is 256 g/mol. The van der Waals surface area contributed by atoms with Crippen molar-refractivity contribution in [3.05, 3.63) is 11.1 Å². The molecule has 0 aliphatic rings. The van der Waals surface area contributed by atoms with E-state index in [2.05, 4.69) is 20.8 Å². The predicted molar refractivity (Wildman–Crippen MR) is 68.0 cm³/mol. The molecule has 1 aromatic heterocycles. The van der Waals surface area contributed by atoms with Crippen LogP contribution in [-0.4, -0.2) is 27.5 Å². The van der Waals surface area contributed by atoms with Gasteiger partial charge in [0.1, 0.15) is 11.4 Å². The first kappa shape index (κ1) is 13.4. The van der Waals surface area contributed by atoms with E-state index < -0.39 is 0 Å². The van der Waals surface area contributed by atoms with E-state index in [9.17, 15) is 4.79 Å². The Hall–Kier alpha value is -1.63. The smallest absolute Gasteiger partial charge is 0.321 e. The standard InChI is InChI=1S/C10H16N4O2S/c1-6(14-16)7-5-17-9(11-7)12-8(15)13-10(2,3)4/h5,16H,1-4H3,(H2,11,12,13,15). The third-order valence-electron chi connectivity index (χ3n) is 1.73. The van der Waals surface area contributed by atoms with Gasteiger partial charge in [-0.1, -0.05) is 5.16 Å². The molecule has 0 saturated carbocycles. The number of nitrogens with one attached hydrogen (secondary N) is 2. The Labute approximate surface area is 104 Å². The van der Waals surface area contributed by atoms with Crippen molar-refractivity contribution in [2.45, 2.75) is 33.2 Å². The first-order valence-electron chi connectivity index (χ1n) is 5.05. The summed E-state index contributed by atoms with van der Waals surface area (Å²) < 4.78 is 0. The van der Waals surface area contributed by atoms with Gasteiger partial charge in [-0.2, -0.15) is 0 Å². The van der Waals surface area contributed by atoms with Crippen molar-refractivity contribution in [1.82, 2.24) is 10.3 Å². The zero-order valence-corrected chi connectivity index (χ0v) is 11.1. The van der Waals surface area contributed by atoms with Gasteiger partial charge in [0.15, 0.2) is 5.13 Å². The van der Waals surface area contributed by atoms with Crippen LogP contribution in [0.1, 0.15) is 33.4 Å². The summed E-state index contributed by atoms with van der Waals surface area (Å²) in [5.74, 6) is 0. The number of hydrogen-bond acceptors (Lipinski definition) is 5. The second-order valence-electron chi connectivity index (χ2n) is 4.55. The normalized spacial score (nSPS) is 12.4. The number of amides is 2. The topological polar surface area (TPSA) is 86.6 Å². The van der Waals surface area contributed by atoms with Gasteiger partial charge in [0.25, 0.3) is 0 Å². The fourth-order valence-corrected chi connectivity index (χ4v) is 1.77. The number of oxime groups is 1.